The molecule has 0 fully saturated rings. The van der Waals surface area contributed by atoms with Gasteiger partial charge in [0.25, 0.3) is 5.56 Å². The molecular formula is C20H21ClN4O3. The molecule has 0 saturated carbocycles. The van der Waals surface area contributed by atoms with Gasteiger partial charge in [-0.05, 0) is 28.8 Å². The number of para-hydroxylation sites is 1. The van der Waals surface area contributed by atoms with Crippen LogP contribution in [0, 0.1) is 0 Å². The van der Waals surface area contributed by atoms with Gasteiger partial charge in [-0.3, -0.25) is 19.1 Å². The highest BCUT2D eigenvalue weighted by molar-refractivity contribution is 5.85. The lowest BCUT2D eigenvalue weighted by Crippen LogP contribution is -2.32. The van der Waals surface area contributed by atoms with Crippen LogP contribution in [0.2, 0.25) is 0 Å². The molecule has 0 aliphatic carbocycles. The van der Waals surface area contributed by atoms with E-state index in [2.05, 4.69) is 27.8 Å². The Morgan fingerprint density at radius 2 is 1.86 bits per heavy atom. The van der Waals surface area contributed by atoms with Crippen molar-refractivity contribution in [1.29, 1.82) is 0 Å². The molecule has 8 heteroatoms. The largest absolute Gasteiger partial charge is 0.352 e. The number of fused-ring (bicyclic) bond motifs is 2. The highest BCUT2D eigenvalue weighted by Crippen LogP contribution is 2.17. The summed E-state index contributed by atoms with van der Waals surface area (Å²) in [7, 11) is 0. The second kappa shape index (κ2) is 8.41. The number of nitrogens with one attached hydrogen (secondary N) is 3. The van der Waals surface area contributed by atoms with Gasteiger partial charge in [-0.25, -0.2) is 4.79 Å². The van der Waals surface area contributed by atoms with Crippen molar-refractivity contribution >= 4 is 29.2 Å². The van der Waals surface area contributed by atoms with Crippen molar-refractivity contribution in [2.45, 2.75) is 32.6 Å². The first-order valence-electron chi connectivity index (χ1n) is 8.92. The van der Waals surface area contributed by atoms with E-state index in [0.717, 1.165) is 18.7 Å². The zero-order chi connectivity index (χ0) is 18.8. The van der Waals surface area contributed by atoms with E-state index in [1.54, 1.807) is 24.3 Å². The first kappa shape index (κ1) is 19.9. The Morgan fingerprint density at radius 1 is 1.07 bits per heavy atom. The van der Waals surface area contributed by atoms with E-state index in [9.17, 15) is 14.4 Å². The standard InChI is InChI=1S/C20H20N4O3.ClH/c25-18(22-10-13-5-6-14-11-21-12-15(14)9-13)7-8-24-17-4-2-1-3-16(17)19(26)23-20(24)27;/h1-6,9,21H,7-8,10-12H2,(H,22,25)(H,23,26,27);1H. The van der Waals surface area contributed by atoms with Gasteiger partial charge in [0, 0.05) is 32.6 Å². The summed E-state index contributed by atoms with van der Waals surface area (Å²) in [5.74, 6) is -0.143. The minimum atomic E-state index is -0.502. The van der Waals surface area contributed by atoms with Gasteiger partial charge in [-0.15, -0.1) is 12.4 Å². The number of aromatic nitrogens is 2. The number of halogens is 1. The van der Waals surface area contributed by atoms with Gasteiger partial charge >= 0.3 is 5.69 Å². The second-order valence-corrected chi connectivity index (χ2v) is 6.66. The smallest absolute Gasteiger partial charge is 0.328 e. The van der Waals surface area contributed by atoms with Gasteiger partial charge in [0.1, 0.15) is 0 Å². The number of rotatable bonds is 5. The van der Waals surface area contributed by atoms with Gasteiger partial charge in [0.2, 0.25) is 5.91 Å². The number of aromatic amines is 1. The summed E-state index contributed by atoms with van der Waals surface area (Å²) in [6.45, 7) is 2.41. The molecule has 0 radical (unpaired) electrons. The third-order valence-corrected chi connectivity index (χ3v) is 4.86. The fourth-order valence-electron chi connectivity index (χ4n) is 3.42. The summed E-state index contributed by atoms with van der Waals surface area (Å²) in [6.07, 6.45) is 0.155. The Bertz CT molecular complexity index is 1140. The molecule has 4 rings (SSSR count). The predicted octanol–water partition coefficient (Wildman–Crippen LogP) is 1.42. The number of amides is 1. The van der Waals surface area contributed by atoms with Crippen LogP contribution in [0.3, 0.4) is 0 Å². The lowest BCUT2D eigenvalue weighted by molar-refractivity contribution is -0.121. The number of carbonyl (C=O) groups is 1. The number of H-pyrrole nitrogens is 1. The maximum absolute atomic E-state index is 12.2. The number of benzene rings is 2. The third-order valence-electron chi connectivity index (χ3n) is 4.86. The highest BCUT2D eigenvalue weighted by atomic mass is 35.5. The van der Waals surface area contributed by atoms with Gasteiger partial charge in [-0.1, -0.05) is 30.3 Å². The molecule has 146 valence electrons. The Balaban J connectivity index is 0.00000225. The van der Waals surface area contributed by atoms with Gasteiger partial charge in [0.05, 0.1) is 10.9 Å². The molecule has 0 bridgehead atoms. The normalized spacial score (nSPS) is 12.4. The summed E-state index contributed by atoms with van der Waals surface area (Å²) < 4.78 is 1.43. The van der Waals surface area contributed by atoms with E-state index in [1.807, 2.05) is 6.07 Å². The molecule has 3 aromatic rings. The maximum atomic E-state index is 12.2. The summed E-state index contributed by atoms with van der Waals surface area (Å²) in [4.78, 5) is 38.5. The molecule has 0 unspecified atom stereocenters. The molecule has 0 atom stereocenters. The fraction of sp³-hybridized carbons (Fsp3) is 0.250. The monoisotopic (exact) mass is 400 g/mol. The summed E-state index contributed by atoms with van der Waals surface area (Å²) in [6, 6.07) is 13.1. The molecule has 7 nitrogen and oxygen atoms in total. The van der Waals surface area contributed by atoms with Crippen molar-refractivity contribution in [3.05, 3.63) is 80.0 Å². The van der Waals surface area contributed by atoms with Crippen LogP contribution >= 0.6 is 12.4 Å². The van der Waals surface area contributed by atoms with Crippen LogP contribution < -0.4 is 21.9 Å². The summed E-state index contributed by atoms with van der Waals surface area (Å²) in [5.41, 5.74) is 3.24. The van der Waals surface area contributed by atoms with Crippen molar-refractivity contribution < 1.29 is 4.79 Å². The zero-order valence-corrected chi connectivity index (χ0v) is 16.0. The first-order chi connectivity index (χ1) is 13.1. The highest BCUT2D eigenvalue weighted by Gasteiger charge is 2.11. The molecule has 1 amide bonds. The van der Waals surface area contributed by atoms with E-state index in [1.165, 1.54) is 15.7 Å². The van der Waals surface area contributed by atoms with E-state index < -0.39 is 11.2 Å². The SMILES string of the molecule is Cl.O=C(CCn1c(=O)[nH]c(=O)c2ccccc21)NCc1ccc2c(c1)CNC2. The van der Waals surface area contributed by atoms with Crippen LogP contribution in [-0.2, 0) is 31.0 Å². The fourth-order valence-corrected chi connectivity index (χ4v) is 3.42. The van der Waals surface area contributed by atoms with E-state index >= 15 is 0 Å². The Labute approximate surface area is 167 Å². The predicted molar refractivity (Wildman–Crippen MR) is 110 cm³/mol. The van der Waals surface area contributed by atoms with E-state index in [-0.39, 0.29) is 31.3 Å². The first-order valence-corrected chi connectivity index (χ1v) is 8.92. The van der Waals surface area contributed by atoms with Crippen LogP contribution in [0.15, 0.2) is 52.1 Å². The number of aryl methyl sites for hydroxylation is 1. The van der Waals surface area contributed by atoms with Crippen LogP contribution in [-0.4, -0.2) is 15.5 Å². The Hall–Kier alpha value is -2.90. The molecule has 28 heavy (non-hydrogen) atoms. The molecule has 2 aromatic carbocycles. The van der Waals surface area contributed by atoms with Crippen LogP contribution in [0.1, 0.15) is 23.1 Å². The number of hydrogen-bond donors (Lipinski definition) is 3. The lowest BCUT2D eigenvalue weighted by Gasteiger charge is -2.10. The molecule has 1 aliphatic heterocycles. The lowest BCUT2D eigenvalue weighted by atomic mass is 10.1. The maximum Gasteiger partial charge on any atom is 0.328 e. The van der Waals surface area contributed by atoms with Crippen molar-refractivity contribution in [3.63, 3.8) is 0 Å². The Kier molecular flexibility index (Phi) is 5.96. The van der Waals surface area contributed by atoms with E-state index in [4.69, 9.17) is 0 Å². The van der Waals surface area contributed by atoms with Crippen LogP contribution in [0.25, 0.3) is 10.9 Å². The van der Waals surface area contributed by atoms with Gasteiger partial charge < -0.3 is 10.6 Å². The third kappa shape index (κ3) is 4.00. The minimum Gasteiger partial charge on any atom is -0.352 e. The molecular weight excluding hydrogens is 380 g/mol. The van der Waals surface area contributed by atoms with Crippen molar-refractivity contribution in [2.24, 2.45) is 0 Å². The molecule has 1 aromatic heterocycles. The summed E-state index contributed by atoms with van der Waals surface area (Å²) >= 11 is 0. The van der Waals surface area contributed by atoms with Crippen LogP contribution in [0.4, 0.5) is 0 Å². The zero-order valence-electron chi connectivity index (χ0n) is 15.2. The topological polar surface area (TPSA) is 96.0 Å². The molecule has 1 aliphatic rings. The molecule has 3 N–H and O–H groups in total. The van der Waals surface area contributed by atoms with Crippen molar-refractivity contribution in [3.8, 4) is 0 Å². The quantitative estimate of drug-likeness (QED) is 0.603. The van der Waals surface area contributed by atoms with E-state index in [0.29, 0.717) is 17.4 Å². The second-order valence-electron chi connectivity index (χ2n) is 6.66. The number of hydrogen-bond acceptors (Lipinski definition) is 4. The minimum absolute atomic E-state index is 0. The van der Waals surface area contributed by atoms with Crippen molar-refractivity contribution in [2.75, 3.05) is 0 Å². The molecule has 2 heterocycles. The van der Waals surface area contributed by atoms with Gasteiger partial charge in [0.15, 0.2) is 0 Å². The number of nitrogens with zero attached hydrogens (tertiary/aromatic N) is 1. The number of carbonyl (C=O) groups excluding carboxylic acids is 1. The summed E-state index contributed by atoms with van der Waals surface area (Å²) in [5, 5.41) is 6.62. The van der Waals surface area contributed by atoms with Crippen molar-refractivity contribution in [1.82, 2.24) is 20.2 Å². The van der Waals surface area contributed by atoms with Crippen LogP contribution in [0.5, 0.6) is 0 Å². The Morgan fingerprint density at radius 3 is 2.71 bits per heavy atom. The average molecular weight is 401 g/mol. The average Bonchev–Trinajstić information content (AvgIpc) is 3.14. The van der Waals surface area contributed by atoms with Gasteiger partial charge in [-0.2, -0.15) is 0 Å². The molecule has 0 spiro atoms. The molecule has 0 saturated heterocycles.